The van der Waals surface area contributed by atoms with Crippen molar-refractivity contribution in [3.05, 3.63) is 26.9 Å². The molecule has 0 bridgehead atoms. The molecule has 0 unspecified atom stereocenters. The SMILES string of the molecule is Nc1cc(=O)[15nH]c(=O)[15nH]1. The number of rotatable bonds is 0. The molecule has 48 valence electrons. The first-order chi connectivity index (χ1) is 4.18. The second-order valence-electron chi connectivity index (χ2n) is 1.54. The van der Waals surface area contributed by atoms with Crippen molar-refractivity contribution < 1.29 is 0 Å². The lowest BCUT2D eigenvalue weighted by Gasteiger charge is -1.85. The van der Waals surface area contributed by atoms with Crippen molar-refractivity contribution in [2.45, 2.75) is 0 Å². The zero-order valence-corrected chi connectivity index (χ0v) is 4.47. The van der Waals surface area contributed by atoms with Gasteiger partial charge in [0.1, 0.15) is 5.82 Å². The molecule has 1 aromatic heterocycles. The molecule has 4 N–H and O–H groups in total. The van der Waals surface area contributed by atoms with E-state index in [1.165, 1.54) is 0 Å². The lowest BCUT2D eigenvalue weighted by atomic mass is 10.6. The zero-order valence-electron chi connectivity index (χ0n) is 4.47. The van der Waals surface area contributed by atoms with E-state index in [0.29, 0.717) is 0 Å². The summed E-state index contributed by atoms with van der Waals surface area (Å²) in [6.07, 6.45) is 0. The van der Waals surface area contributed by atoms with E-state index in [1.807, 2.05) is 4.98 Å². The third-order valence-corrected chi connectivity index (χ3v) is 0.781. The summed E-state index contributed by atoms with van der Waals surface area (Å²) in [5.74, 6) is 0.0729. The van der Waals surface area contributed by atoms with E-state index < -0.39 is 11.2 Å². The molecule has 0 amide bonds. The van der Waals surface area contributed by atoms with Gasteiger partial charge in [-0.05, 0) is 0 Å². The van der Waals surface area contributed by atoms with Gasteiger partial charge in [0.25, 0.3) is 5.56 Å². The molecule has 0 aromatic carbocycles. The van der Waals surface area contributed by atoms with Crippen molar-refractivity contribution in [1.82, 2.24) is 9.97 Å². The van der Waals surface area contributed by atoms with Gasteiger partial charge in [-0.3, -0.25) is 14.8 Å². The number of aromatic nitrogens is 2. The van der Waals surface area contributed by atoms with Crippen LogP contribution < -0.4 is 17.0 Å². The molecule has 0 aliphatic carbocycles. The minimum atomic E-state index is -0.583. The Bertz CT molecular complexity index is 282. The molecule has 0 aliphatic rings. The lowest BCUT2D eigenvalue weighted by Crippen LogP contribution is -2.22. The van der Waals surface area contributed by atoms with Gasteiger partial charge < -0.3 is 5.73 Å². The van der Waals surface area contributed by atoms with Crippen LogP contribution in [0.3, 0.4) is 0 Å². The van der Waals surface area contributed by atoms with Crippen molar-refractivity contribution in [2.75, 3.05) is 5.73 Å². The number of nitrogen functional groups attached to an aromatic ring is 1. The van der Waals surface area contributed by atoms with E-state index in [9.17, 15) is 9.59 Å². The van der Waals surface area contributed by atoms with E-state index in [0.717, 1.165) is 6.07 Å². The fraction of sp³-hybridized carbons (Fsp3) is 0. The van der Waals surface area contributed by atoms with Crippen LogP contribution in [0.5, 0.6) is 0 Å². The van der Waals surface area contributed by atoms with Crippen molar-refractivity contribution in [1.29, 1.82) is 0 Å². The number of nitrogens with two attached hydrogens (primary N) is 1. The summed E-state index contributed by atoms with van der Waals surface area (Å²) in [4.78, 5) is 24.8. The first kappa shape index (κ1) is 5.61. The van der Waals surface area contributed by atoms with E-state index in [2.05, 4.69) is 4.98 Å². The Labute approximate surface area is 49.5 Å². The summed E-state index contributed by atoms with van der Waals surface area (Å²) in [6.45, 7) is 0. The Morgan fingerprint density at radius 1 is 1.33 bits per heavy atom. The summed E-state index contributed by atoms with van der Waals surface area (Å²) in [6, 6.07) is 1.10. The lowest BCUT2D eigenvalue weighted by molar-refractivity contribution is 1.05. The topological polar surface area (TPSA) is 91.7 Å². The molecule has 0 spiro atoms. The van der Waals surface area contributed by atoms with Gasteiger partial charge in [-0.25, -0.2) is 4.79 Å². The number of hydrogen-bond donors (Lipinski definition) is 3. The summed E-state index contributed by atoms with van der Waals surface area (Å²) in [7, 11) is 0. The van der Waals surface area contributed by atoms with E-state index in [4.69, 9.17) is 5.73 Å². The molecule has 0 saturated carbocycles. The molecule has 0 fully saturated rings. The Hall–Kier alpha value is -1.52. The molecule has 5 heteroatoms. The normalized spacial score (nSPS) is 9.33. The van der Waals surface area contributed by atoms with Gasteiger partial charge >= 0.3 is 5.69 Å². The third kappa shape index (κ3) is 1.18. The summed E-state index contributed by atoms with van der Waals surface area (Å²) in [5.41, 5.74) is 4.01. The van der Waals surface area contributed by atoms with Gasteiger partial charge in [0.05, 0.1) is 0 Å². The monoisotopic (exact) mass is 129 g/mol. The van der Waals surface area contributed by atoms with Crippen molar-refractivity contribution in [2.24, 2.45) is 0 Å². The molecular weight excluding hydrogens is 124 g/mol. The van der Waals surface area contributed by atoms with E-state index >= 15 is 0 Å². The predicted octanol–water partition coefficient (Wildman–Crippen LogP) is -1.35. The van der Waals surface area contributed by atoms with E-state index in [1.54, 1.807) is 0 Å². The molecule has 1 heterocycles. The van der Waals surface area contributed by atoms with Gasteiger partial charge in [0, 0.05) is 6.07 Å². The van der Waals surface area contributed by atoms with Crippen LogP contribution >= 0.6 is 0 Å². The third-order valence-electron chi connectivity index (χ3n) is 0.781. The van der Waals surface area contributed by atoms with E-state index in [-0.39, 0.29) is 5.82 Å². The number of hydrogen-bond acceptors (Lipinski definition) is 3. The number of anilines is 1. The second kappa shape index (κ2) is 1.77. The van der Waals surface area contributed by atoms with Gasteiger partial charge in [-0.1, -0.05) is 0 Å². The smallest absolute Gasteiger partial charge is 0.327 e. The van der Waals surface area contributed by atoms with Gasteiger partial charge in [0.2, 0.25) is 0 Å². The molecule has 5 nitrogen and oxygen atoms in total. The Kier molecular flexibility index (Phi) is 1.11. The van der Waals surface area contributed by atoms with Crippen LogP contribution in [0.2, 0.25) is 0 Å². The average molecular weight is 129 g/mol. The quantitative estimate of drug-likeness (QED) is 0.404. The highest BCUT2D eigenvalue weighted by Crippen LogP contribution is 1.77. The molecule has 0 radical (unpaired) electrons. The highest BCUT2D eigenvalue weighted by atomic mass is 16.2. The summed E-state index contributed by atoms with van der Waals surface area (Å²) < 4.78 is 0. The second-order valence-corrected chi connectivity index (χ2v) is 1.54. The Morgan fingerprint density at radius 3 is 2.44 bits per heavy atom. The van der Waals surface area contributed by atoms with Crippen LogP contribution in [-0.4, -0.2) is 9.97 Å². The van der Waals surface area contributed by atoms with Crippen molar-refractivity contribution in [3.8, 4) is 0 Å². The van der Waals surface area contributed by atoms with Crippen molar-refractivity contribution >= 4 is 5.82 Å². The van der Waals surface area contributed by atoms with Crippen LogP contribution in [0.1, 0.15) is 0 Å². The maximum atomic E-state index is 10.4. The zero-order chi connectivity index (χ0) is 6.85. The number of H-pyrrole nitrogens is 2. The molecular formula is C4H5N3O2. The maximum Gasteiger partial charge on any atom is 0.327 e. The van der Waals surface area contributed by atoms with Crippen LogP contribution in [0.25, 0.3) is 0 Å². The van der Waals surface area contributed by atoms with Crippen molar-refractivity contribution in [3.63, 3.8) is 0 Å². The van der Waals surface area contributed by atoms with Crippen LogP contribution in [0, 0.1) is 0 Å². The fourth-order valence-corrected chi connectivity index (χ4v) is 0.488. The minimum absolute atomic E-state index is 0.0729. The first-order valence-electron chi connectivity index (χ1n) is 2.27. The highest BCUT2D eigenvalue weighted by Gasteiger charge is 1.86. The minimum Gasteiger partial charge on any atom is -0.385 e. The maximum absolute atomic E-state index is 10.4. The molecule has 1 aromatic rings. The molecule has 1 rings (SSSR count). The molecule has 9 heavy (non-hydrogen) atoms. The predicted molar refractivity (Wildman–Crippen MR) is 32.1 cm³/mol. The summed E-state index contributed by atoms with van der Waals surface area (Å²) >= 11 is 0. The standard InChI is InChI=1S/C4H5N3O2/c5-2-1-3(8)7-4(9)6-2/h1H,(H4,5,6,7,8,9)/i6+1,7+1. The summed E-state index contributed by atoms with van der Waals surface area (Å²) in [5, 5.41) is 0. The molecule has 0 saturated heterocycles. The highest BCUT2D eigenvalue weighted by molar-refractivity contribution is 5.22. The average Bonchev–Trinajstić information content (AvgIpc) is 1.59. The molecule has 0 atom stereocenters. The Balaban J connectivity index is 3.52. The van der Waals surface area contributed by atoms with Crippen LogP contribution in [0.4, 0.5) is 5.82 Å². The first-order valence-corrected chi connectivity index (χ1v) is 2.27. The fourth-order valence-electron chi connectivity index (χ4n) is 0.488. The van der Waals surface area contributed by atoms with Gasteiger partial charge in [-0.15, -0.1) is 0 Å². The molecule has 0 aliphatic heterocycles. The largest absolute Gasteiger partial charge is 0.385 e. The Morgan fingerprint density at radius 2 is 2.00 bits per heavy atom. The van der Waals surface area contributed by atoms with Crippen LogP contribution in [0.15, 0.2) is 15.7 Å². The van der Waals surface area contributed by atoms with Gasteiger partial charge in [0.15, 0.2) is 0 Å². The van der Waals surface area contributed by atoms with Gasteiger partial charge in [-0.2, -0.15) is 0 Å². The number of aromatic amines is 2. The number of nitrogens with one attached hydrogen (secondary N) is 2. The van der Waals surface area contributed by atoms with Crippen LogP contribution in [-0.2, 0) is 0 Å².